The lowest BCUT2D eigenvalue weighted by molar-refractivity contribution is 0.0732. The summed E-state index contributed by atoms with van der Waals surface area (Å²) in [6, 6.07) is 14.4. The average Bonchev–Trinajstić information content (AvgIpc) is 3.14. The maximum atomic E-state index is 12.4. The summed E-state index contributed by atoms with van der Waals surface area (Å²) in [6.07, 6.45) is 6.42. The van der Waals surface area contributed by atoms with E-state index in [2.05, 4.69) is 11.9 Å². The molecule has 0 amide bonds. The van der Waals surface area contributed by atoms with Crippen molar-refractivity contribution in [3.63, 3.8) is 0 Å². The number of esters is 1. The van der Waals surface area contributed by atoms with E-state index in [0.717, 1.165) is 18.5 Å². The van der Waals surface area contributed by atoms with Crippen LogP contribution in [-0.2, 0) is 6.54 Å². The van der Waals surface area contributed by atoms with E-state index in [1.165, 1.54) is 0 Å². The summed E-state index contributed by atoms with van der Waals surface area (Å²) in [4.78, 5) is 16.5. The van der Waals surface area contributed by atoms with Gasteiger partial charge in [-0.2, -0.15) is 0 Å². The molecule has 0 aliphatic heterocycles. The van der Waals surface area contributed by atoms with Gasteiger partial charge in [-0.15, -0.1) is 0 Å². The minimum absolute atomic E-state index is 0.225. The van der Waals surface area contributed by atoms with Crippen molar-refractivity contribution in [2.45, 2.75) is 25.8 Å². The van der Waals surface area contributed by atoms with Gasteiger partial charge < -0.3 is 9.30 Å². The summed E-state index contributed by atoms with van der Waals surface area (Å²) in [6.45, 7) is 2.91. The predicted molar refractivity (Wildman–Crippen MR) is 98.1 cm³/mol. The molecular weight excluding hydrogens is 336 g/mol. The van der Waals surface area contributed by atoms with E-state index < -0.39 is 0 Å². The van der Waals surface area contributed by atoms with Crippen LogP contribution in [-0.4, -0.2) is 15.5 Å². The Hall–Kier alpha value is -2.59. The van der Waals surface area contributed by atoms with Crippen LogP contribution in [0, 0.1) is 0 Å². The number of aromatic nitrogens is 2. The maximum Gasteiger partial charge on any atom is 0.343 e. The zero-order chi connectivity index (χ0) is 17.6. The third-order valence-corrected chi connectivity index (χ3v) is 4.38. The maximum absolute atomic E-state index is 12.4. The van der Waals surface area contributed by atoms with Gasteiger partial charge in [0.1, 0.15) is 5.75 Å². The van der Waals surface area contributed by atoms with Crippen molar-refractivity contribution in [1.29, 1.82) is 0 Å². The second-order valence-electron chi connectivity index (χ2n) is 5.80. The largest absolute Gasteiger partial charge is 0.423 e. The van der Waals surface area contributed by atoms with Crippen LogP contribution in [0.1, 0.15) is 35.2 Å². The molecule has 1 heterocycles. The Bertz CT molecular complexity index is 829. The molecule has 0 saturated heterocycles. The van der Waals surface area contributed by atoms with Crippen LogP contribution in [0.4, 0.5) is 0 Å². The molecule has 0 bridgehead atoms. The van der Waals surface area contributed by atoms with Gasteiger partial charge in [0, 0.05) is 29.9 Å². The quantitative estimate of drug-likeness (QED) is 0.464. The smallest absolute Gasteiger partial charge is 0.343 e. The van der Waals surface area contributed by atoms with Crippen molar-refractivity contribution >= 4 is 17.6 Å². The number of hydrogen-bond donors (Lipinski definition) is 0. The molecule has 0 spiro atoms. The fraction of sp³-hybridized carbons (Fsp3) is 0.200. The van der Waals surface area contributed by atoms with Gasteiger partial charge in [-0.3, -0.25) is 0 Å². The normalized spacial score (nSPS) is 11.9. The molecule has 5 heteroatoms. The van der Waals surface area contributed by atoms with Crippen LogP contribution in [0.15, 0.2) is 67.3 Å². The summed E-state index contributed by atoms with van der Waals surface area (Å²) in [7, 11) is 0. The Morgan fingerprint density at radius 2 is 1.96 bits per heavy atom. The number of rotatable bonds is 6. The summed E-state index contributed by atoms with van der Waals surface area (Å²) < 4.78 is 7.70. The van der Waals surface area contributed by atoms with E-state index in [1.54, 1.807) is 36.8 Å². The molecule has 128 valence electrons. The number of hydrogen-bond acceptors (Lipinski definition) is 3. The molecule has 4 nitrogen and oxygen atoms in total. The lowest BCUT2D eigenvalue weighted by Crippen LogP contribution is -2.13. The van der Waals surface area contributed by atoms with Crippen molar-refractivity contribution in [2.24, 2.45) is 0 Å². The highest BCUT2D eigenvalue weighted by Gasteiger charge is 2.18. The third kappa shape index (κ3) is 4.28. The van der Waals surface area contributed by atoms with Gasteiger partial charge in [0.25, 0.3) is 0 Å². The van der Waals surface area contributed by atoms with Crippen LogP contribution in [0.25, 0.3) is 0 Å². The van der Waals surface area contributed by atoms with E-state index in [9.17, 15) is 4.79 Å². The number of halogens is 1. The molecule has 0 radical (unpaired) electrons. The summed E-state index contributed by atoms with van der Waals surface area (Å²) in [5, 5.41) is 0.586. The van der Waals surface area contributed by atoms with Gasteiger partial charge in [-0.25, -0.2) is 9.78 Å². The SMILES string of the molecule is CCC(Cn1ccnc1)c1ccccc1OC(=O)c1ccc(Cl)cc1. The first kappa shape index (κ1) is 17.2. The molecule has 3 rings (SSSR count). The number of carbonyl (C=O) groups excluding carboxylic acids is 1. The topological polar surface area (TPSA) is 44.1 Å². The van der Waals surface area contributed by atoms with E-state index in [4.69, 9.17) is 16.3 Å². The first-order valence-corrected chi connectivity index (χ1v) is 8.57. The first-order valence-electron chi connectivity index (χ1n) is 8.19. The average molecular weight is 355 g/mol. The Morgan fingerprint density at radius 3 is 2.64 bits per heavy atom. The Morgan fingerprint density at radius 1 is 1.20 bits per heavy atom. The van der Waals surface area contributed by atoms with Crippen LogP contribution in [0.2, 0.25) is 5.02 Å². The fourth-order valence-corrected chi connectivity index (χ4v) is 2.88. The molecule has 0 saturated carbocycles. The lowest BCUT2D eigenvalue weighted by atomic mass is 9.95. The molecule has 25 heavy (non-hydrogen) atoms. The minimum Gasteiger partial charge on any atom is -0.423 e. The number of imidazole rings is 1. The van der Waals surface area contributed by atoms with Crippen molar-refractivity contribution in [3.05, 3.63) is 83.4 Å². The van der Waals surface area contributed by atoms with Gasteiger partial charge in [0.05, 0.1) is 11.9 Å². The summed E-state index contributed by atoms with van der Waals surface area (Å²) in [5.74, 6) is 0.430. The van der Waals surface area contributed by atoms with Gasteiger partial charge in [-0.1, -0.05) is 36.7 Å². The van der Waals surface area contributed by atoms with Crippen molar-refractivity contribution in [1.82, 2.24) is 9.55 Å². The highest BCUT2D eigenvalue weighted by atomic mass is 35.5. The van der Waals surface area contributed by atoms with E-state index in [0.29, 0.717) is 16.3 Å². The Labute approximate surface area is 152 Å². The van der Waals surface area contributed by atoms with E-state index in [1.807, 2.05) is 35.0 Å². The second kappa shape index (κ2) is 7.99. The number of carbonyl (C=O) groups is 1. The predicted octanol–water partition coefficient (Wildman–Crippen LogP) is 4.95. The monoisotopic (exact) mass is 354 g/mol. The molecule has 0 aliphatic carbocycles. The van der Waals surface area contributed by atoms with E-state index in [-0.39, 0.29) is 11.9 Å². The van der Waals surface area contributed by atoms with Crippen LogP contribution >= 0.6 is 11.6 Å². The lowest BCUT2D eigenvalue weighted by Gasteiger charge is -2.19. The van der Waals surface area contributed by atoms with E-state index >= 15 is 0 Å². The molecule has 2 aromatic carbocycles. The molecular formula is C20H19ClN2O2. The van der Waals surface area contributed by atoms with Gasteiger partial charge in [0.2, 0.25) is 0 Å². The van der Waals surface area contributed by atoms with Gasteiger partial charge in [0.15, 0.2) is 0 Å². The highest BCUT2D eigenvalue weighted by molar-refractivity contribution is 6.30. The third-order valence-electron chi connectivity index (χ3n) is 4.12. The van der Waals surface area contributed by atoms with Crippen LogP contribution < -0.4 is 4.74 Å². The summed E-state index contributed by atoms with van der Waals surface area (Å²) in [5.41, 5.74) is 1.49. The highest BCUT2D eigenvalue weighted by Crippen LogP contribution is 2.31. The standard InChI is InChI=1S/C20H19ClN2O2/c1-2-15(13-23-12-11-22-14-23)18-5-3-4-6-19(18)25-20(24)16-7-9-17(21)10-8-16/h3-12,14-15H,2,13H2,1H3. The Kier molecular flexibility index (Phi) is 5.51. The molecule has 1 aromatic heterocycles. The minimum atomic E-state index is -0.387. The number of nitrogens with zero attached hydrogens (tertiary/aromatic N) is 2. The molecule has 1 atom stereocenters. The number of ether oxygens (including phenoxy) is 1. The van der Waals surface area contributed by atoms with Crippen molar-refractivity contribution in [2.75, 3.05) is 0 Å². The second-order valence-corrected chi connectivity index (χ2v) is 6.24. The first-order chi connectivity index (χ1) is 12.2. The number of para-hydroxylation sites is 1. The molecule has 1 unspecified atom stereocenters. The number of benzene rings is 2. The fourth-order valence-electron chi connectivity index (χ4n) is 2.75. The molecule has 0 aliphatic rings. The zero-order valence-electron chi connectivity index (χ0n) is 13.9. The van der Waals surface area contributed by atoms with Crippen LogP contribution in [0.3, 0.4) is 0 Å². The zero-order valence-corrected chi connectivity index (χ0v) is 14.7. The molecule has 0 fully saturated rings. The Balaban J connectivity index is 1.82. The summed E-state index contributed by atoms with van der Waals surface area (Å²) >= 11 is 5.87. The van der Waals surface area contributed by atoms with Crippen LogP contribution in [0.5, 0.6) is 5.75 Å². The van der Waals surface area contributed by atoms with Crippen molar-refractivity contribution in [3.8, 4) is 5.75 Å². The molecule has 0 N–H and O–H groups in total. The van der Waals surface area contributed by atoms with Gasteiger partial charge in [-0.05, 0) is 42.3 Å². The van der Waals surface area contributed by atoms with Crippen molar-refractivity contribution < 1.29 is 9.53 Å². The van der Waals surface area contributed by atoms with Gasteiger partial charge >= 0.3 is 5.97 Å². The molecule has 3 aromatic rings.